The minimum atomic E-state index is 0.489. The standard InChI is InChI=1S/C18H20N2O2/c1-13-4-6-14(7-5-13)11-20-17-9-8-15(22-3)10-16(17)19-18(20)12-21-2/h4-10H,11-12H2,1-3H3. The molecule has 1 aromatic heterocycles. The number of ether oxygens (including phenoxy) is 2. The molecule has 1 heterocycles. The highest BCUT2D eigenvalue weighted by Gasteiger charge is 2.12. The van der Waals surface area contributed by atoms with E-state index in [1.54, 1.807) is 14.2 Å². The van der Waals surface area contributed by atoms with Gasteiger partial charge in [0.1, 0.15) is 18.2 Å². The zero-order chi connectivity index (χ0) is 15.5. The number of aryl methyl sites for hydroxylation is 1. The lowest BCUT2D eigenvalue weighted by Crippen LogP contribution is -2.06. The number of fused-ring (bicyclic) bond motifs is 1. The fourth-order valence-corrected chi connectivity index (χ4v) is 2.58. The van der Waals surface area contributed by atoms with E-state index in [0.717, 1.165) is 29.2 Å². The van der Waals surface area contributed by atoms with Gasteiger partial charge in [0.2, 0.25) is 0 Å². The first kappa shape index (κ1) is 14.6. The van der Waals surface area contributed by atoms with E-state index in [1.807, 2.05) is 12.1 Å². The van der Waals surface area contributed by atoms with Crippen LogP contribution in [0.15, 0.2) is 42.5 Å². The molecule has 0 N–H and O–H groups in total. The van der Waals surface area contributed by atoms with Crippen molar-refractivity contribution in [2.75, 3.05) is 14.2 Å². The van der Waals surface area contributed by atoms with E-state index in [-0.39, 0.29) is 0 Å². The normalized spacial score (nSPS) is 11.0. The highest BCUT2D eigenvalue weighted by Crippen LogP contribution is 2.23. The largest absolute Gasteiger partial charge is 0.497 e. The van der Waals surface area contributed by atoms with Gasteiger partial charge in [-0.3, -0.25) is 0 Å². The van der Waals surface area contributed by atoms with E-state index in [2.05, 4.69) is 46.8 Å². The summed E-state index contributed by atoms with van der Waals surface area (Å²) in [6, 6.07) is 14.5. The maximum atomic E-state index is 5.30. The van der Waals surface area contributed by atoms with Gasteiger partial charge in [-0.15, -0.1) is 0 Å². The van der Waals surface area contributed by atoms with E-state index < -0.39 is 0 Å². The van der Waals surface area contributed by atoms with Crippen LogP contribution in [0.4, 0.5) is 0 Å². The van der Waals surface area contributed by atoms with Gasteiger partial charge in [0.05, 0.1) is 18.1 Å². The molecule has 0 saturated carbocycles. The van der Waals surface area contributed by atoms with E-state index in [1.165, 1.54) is 11.1 Å². The molecular weight excluding hydrogens is 276 g/mol. The molecule has 3 aromatic rings. The van der Waals surface area contributed by atoms with Gasteiger partial charge in [0, 0.05) is 19.7 Å². The number of rotatable bonds is 5. The molecular formula is C18H20N2O2. The highest BCUT2D eigenvalue weighted by molar-refractivity contribution is 5.78. The molecule has 0 fully saturated rings. The third-order valence-corrected chi connectivity index (χ3v) is 3.77. The number of hydrogen-bond acceptors (Lipinski definition) is 3. The molecule has 0 atom stereocenters. The summed E-state index contributed by atoms with van der Waals surface area (Å²) < 4.78 is 12.8. The Hall–Kier alpha value is -2.33. The van der Waals surface area contributed by atoms with Gasteiger partial charge in [-0.1, -0.05) is 29.8 Å². The Bertz CT molecular complexity index is 776. The Labute approximate surface area is 130 Å². The maximum absolute atomic E-state index is 5.30. The predicted molar refractivity (Wildman–Crippen MR) is 87.3 cm³/mol. The number of imidazole rings is 1. The van der Waals surface area contributed by atoms with Gasteiger partial charge in [-0.25, -0.2) is 4.98 Å². The minimum absolute atomic E-state index is 0.489. The van der Waals surface area contributed by atoms with Crippen LogP contribution >= 0.6 is 0 Å². The molecule has 0 bridgehead atoms. The molecule has 4 nitrogen and oxygen atoms in total. The van der Waals surface area contributed by atoms with Crippen LogP contribution in [-0.2, 0) is 17.9 Å². The average Bonchev–Trinajstić information content (AvgIpc) is 2.86. The minimum Gasteiger partial charge on any atom is -0.497 e. The Kier molecular flexibility index (Phi) is 4.11. The van der Waals surface area contributed by atoms with Crippen molar-refractivity contribution in [2.24, 2.45) is 0 Å². The van der Waals surface area contributed by atoms with Crippen LogP contribution in [0.3, 0.4) is 0 Å². The molecule has 0 spiro atoms. The van der Waals surface area contributed by atoms with E-state index in [4.69, 9.17) is 9.47 Å². The fraction of sp³-hybridized carbons (Fsp3) is 0.278. The molecule has 0 saturated heterocycles. The van der Waals surface area contributed by atoms with Gasteiger partial charge in [-0.05, 0) is 24.6 Å². The lowest BCUT2D eigenvalue weighted by Gasteiger charge is -2.09. The highest BCUT2D eigenvalue weighted by atomic mass is 16.5. The van der Waals surface area contributed by atoms with E-state index >= 15 is 0 Å². The summed E-state index contributed by atoms with van der Waals surface area (Å²) in [4.78, 5) is 4.68. The van der Waals surface area contributed by atoms with Crippen molar-refractivity contribution in [1.29, 1.82) is 0 Å². The monoisotopic (exact) mass is 296 g/mol. The first-order chi connectivity index (χ1) is 10.7. The summed E-state index contributed by atoms with van der Waals surface area (Å²) in [7, 11) is 3.36. The van der Waals surface area contributed by atoms with E-state index in [0.29, 0.717) is 6.61 Å². The van der Waals surface area contributed by atoms with Crippen LogP contribution in [0, 0.1) is 6.92 Å². The van der Waals surface area contributed by atoms with Crippen molar-refractivity contribution in [1.82, 2.24) is 9.55 Å². The van der Waals surface area contributed by atoms with Crippen LogP contribution in [0.2, 0.25) is 0 Å². The lowest BCUT2D eigenvalue weighted by molar-refractivity contribution is 0.175. The third kappa shape index (κ3) is 2.83. The molecule has 2 aromatic carbocycles. The Balaban J connectivity index is 2.05. The summed E-state index contributed by atoms with van der Waals surface area (Å²) in [5, 5.41) is 0. The SMILES string of the molecule is COCc1nc2cc(OC)ccc2n1Cc1ccc(C)cc1. The second-order valence-electron chi connectivity index (χ2n) is 5.39. The summed E-state index contributed by atoms with van der Waals surface area (Å²) in [6.07, 6.45) is 0. The van der Waals surface area contributed by atoms with Crippen molar-refractivity contribution in [3.63, 3.8) is 0 Å². The van der Waals surface area contributed by atoms with Crippen LogP contribution in [0.5, 0.6) is 5.75 Å². The third-order valence-electron chi connectivity index (χ3n) is 3.77. The molecule has 0 aliphatic carbocycles. The van der Waals surface area contributed by atoms with E-state index in [9.17, 15) is 0 Å². The topological polar surface area (TPSA) is 36.3 Å². The molecule has 114 valence electrons. The predicted octanol–water partition coefficient (Wildman–Crippen LogP) is 3.55. The molecule has 22 heavy (non-hydrogen) atoms. The molecule has 0 radical (unpaired) electrons. The second-order valence-corrected chi connectivity index (χ2v) is 5.39. The Morgan fingerprint density at radius 2 is 1.82 bits per heavy atom. The lowest BCUT2D eigenvalue weighted by atomic mass is 10.1. The van der Waals surface area contributed by atoms with Crippen LogP contribution in [-0.4, -0.2) is 23.8 Å². The summed E-state index contributed by atoms with van der Waals surface area (Å²) in [6.45, 7) is 3.36. The average molecular weight is 296 g/mol. The molecule has 0 aliphatic rings. The van der Waals surface area contributed by atoms with Gasteiger partial charge in [0.25, 0.3) is 0 Å². The fourth-order valence-electron chi connectivity index (χ4n) is 2.58. The quantitative estimate of drug-likeness (QED) is 0.722. The van der Waals surface area contributed by atoms with Gasteiger partial charge in [-0.2, -0.15) is 0 Å². The number of aromatic nitrogens is 2. The first-order valence-corrected chi connectivity index (χ1v) is 7.29. The Morgan fingerprint density at radius 3 is 2.50 bits per heavy atom. The molecule has 0 unspecified atom stereocenters. The van der Waals surface area contributed by atoms with Crippen molar-refractivity contribution >= 4 is 11.0 Å². The number of hydrogen-bond donors (Lipinski definition) is 0. The van der Waals surface area contributed by atoms with Crippen molar-refractivity contribution in [3.8, 4) is 5.75 Å². The maximum Gasteiger partial charge on any atom is 0.136 e. The summed E-state index contributed by atoms with van der Waals surface area (Å²) in [5.74, 6) is 1.74. The summed E-state index contributed by atoms with van der Waals surface area (Å²) in [5.41, 5.74) is 4.53. The molecule has 4 heteroatoms. The number of methoxy groups -OCH3 is 2. The van der Waals surface area contributed by atoms with Gasteiger partial charge < -0.3 is 14.0 Å². The number of benzene rings is 2. The van der Waals surface area contributed by atoms with Crippen molar-refractivity contribution < 1.29 is 9.47 Å². The zero-order valence-corrected chi connectivity index (χ0v) is 13.2. The number of nitrogens with zero attached hydrogens (tertiary/aromatic N) is 2. The van der Waals surface area contributed by atoms with Crippen molar-refractivity contribution in [3.05, 3.63) is 59.4 Å². The van der Waals surface area contributed by atoms with Crippen LogP contribution in [0.25, 0.3) is 11.0 Å². The smallest absolute Gasteiger partial charge is 0.136 e. The van der Waals surface area contributed by atoms with Crippen LogP contribution in [0.1, 0.15) is 17.0 Å². The molecule has 3 rings (SSSR count). The Morgan fingerprint density at radius 1 is 1.05 bits per heavy atom. The summed E-state index contributed by atoms with van der Waals surface area (Å²) >= 11 is 0. The molecule has 0 amide bonds. The zero-order valence-electron chi connectivity index (χ0n) is 13.2. The van der Waals surface area contributed by atoms with Crippen molar-refractivity contribution in [2.45, 2.75) is 20.1 Å². The first-order valence-electron chi connectivity index (χ1n) is 7.29. The second kappa shape index (κ2) is 6.20. The van der Waals surface area contributed by atoms with Crippen LogP contribution < -0.4 is 4.74 Å². The van der Waals surface area contributed by atoms with Gasteiger partial charge >= 0.3 is 0 Å². The molecule has 0 aliphatic heterocycles. The van der Waals surface area contributed by atoms with Gasteiger partial charge in [0.15, 0.2) is 0 Å².